The zero-order chi connectivity index (χ0) is 21.5. The zero-order valence-electron chi connectivity index (χ0n) is 18.8. The van der Waals surface area contributed by atoms with Crippen LogP contribution in [-0.2, 0) is 9.53 Å². The monoisotopic (exact) mass is 415 g/mol. The summed E-state index contributed by atoms with van der Waals surface area (Å²) < 4.78 is 5.28. The fourth-order valence-electron chi connectivity index (χ4n) is 4.67. The number of anilines is 1. The first-order valence-corrected chi connectivity index (χ1v) is 11.3. The summed E-state index contributed by atoms with van der Waals surface area (Å²) >= 11 is 0. The van der Waals surface area contributed by atoms with Gasteiger partial charge in [-0.3, -0.25) is 9.59 Å². The molecule has 0 radical (unpaired) electrons. The van der Waals surface area contributed by atoms with E-state index in [0.717, 1.165) is 63.1 Å². The molecule has 1 amide bonds. The summed E-state index contributed by atoms with van der Waals surface area (Å²) in [5, 5.41) is 0. The number of ketones is 1. The lowest BCUT2D eigenvalue weighted by Gasteiger charge is -2.39. The van der Waals surface area contributed by atoms with Crippen molar-refractivity contribution < 1.29 is 14.3 Å². The van der Waals surface area contributed by atoms with Crippen LogP contribution in [0.25, 0.3) is 0 Å². The zero-order valence-corrected chi connectivity index (χ0v) is 18.8. The highest BCUT2D eigenvalue weighted by Crippen LogP contribution is 2.27. The van der Waals surface area contributed by atoms with Crippen molar-refractivity contribution in [1.29, 1.82) is 0 Å². The molecule has 0 atom stereocenters. The van der Waals surface area contributed by atoms with E-state index >= 15 is 0 Å². The summed E-state index contributed by atoms with van der Waals surface area (Å²) in [5.74, 6) is 0.842. The third-order valence-electron chi connectivity index (χ3n) is 6.70. The molecule has 0 N–H and O–H groups in total. The number of Topliss-reactive ketones (excluding diaryl/α,β-unsaturated/α-hetero) is 1. The molecule has 2 aliphatic heterocycles. The molecule has 1 aromatic carbocycles. The van der Waals surface area contributed by atoms with Crippen molar-refractivity contribution in [2.45, 2.75) is 45.1 Å². The Morgan fingerprint density at radius 1 is 1.03 bits per heavy atom. The molecule has 6 heteroatoms. The molecule has 0 aromatic heterocycles. The molecular formula is C24H37N3O3. The van der Waals surface area contributed by atoms with Crippen molar-refractivity contribution in [3.05, 3.63) is 29.8 Å². The molecular weight excluding hydrogens is 378 g/mol. The number of hydrogen-bond acceptors (Lipinski definition) is 5. The second-order valence-corrected chi connectivity index (χ2v) is 8.85. The maximum atomic E-state index is 13.2. The number of nitrogens with zero attached hydrogens (tertiary/aromatic N) is 3. The van der Waals surface area contributed by atoms with Gasteiger partial charge in [0.1, 0.15) is 0 Å². The van der Waals surface area contributed by atoms with Crippen LogP contribution in [0.5, 0.6) is 0 Å². The Morgan fingerprint density at radius 2 is 1.67 bits per heavy atom. The van der Waals surface area contributed by atoms with E-state index in [1.165, 1.54) is 0 Å². The van der Waals surface area contributed by atoms with Crippen LogP contribution in [-0.4, -0.2) is 81.0 Å². The van der Waals surface area contributed by atoms with Gasteiger partial charge >= 0.3 is 0 Å². The first kappa shape index (κ1) is 22.8. The summed E-state index contributed by atoms with van der Waals surface area (Å²) in [4.78, 5) is 31.4. The van der Waals surface area contributed by atoms with E-state index in [9.17, 15) is 9.59 Å². The summed E-state index contributed by atoms with van der Waals surface area (Å²) in [7, 11) is 3.86. The summed E-state index contributed by atoms with van der Waals surface area (Å²) in [6.07, 6.45) is 4.83. The molecule has 0 bridgehead atoms. The average Bonchev–Trinajstić information content (AvgIpc) is 2.76. The second kappa shape index (κ2) is 10.9. The van der Waals surface area contributed by atoms with Crippen LogP contribution in [0.2, 0.25) is 0 Å². The van der Waals surface area contributed by atoms with Gasteiger partial charge in [-0.1, -0.05) is 0 Å². The molecule has 2 fully saturated rings. The molecule has 2 heterocycles. The van der Waals surface area contributed by atoms with Crippen molar-refractivity contribution >= 4 is 17.4 Å². The predicted octanol–water partition coefficient (Wildman–Crippen LogP) is 3.06. The number of likely N-dealkylation sites (tertiary alicyclic amines) is 1. The standard InChI is InChI=1S/C24H37N3O3/c1-19(28)21-4-6-22(7-5-21)26-14-8-20(9-15-26)18-24(29)27(16-17-30-3)23-10-12-25(2)13-11-23/h4-7,20,23H,8-18H2,1-3H3. The molecule has 166 valence electrons. The Bertz CT molecular complexity index is 690. The van der Waals surface area contributed by atoms with Crippen LogP contribution < -0.4 is 4.90 Å². The Morgan fingerprint density at radius 3 is 2.23 bits per heavy atom. The second-order valence-electron chi connectivity index (χ2n) is 8.85. The van der Waals surface area contributed by atoms with Gasteiger partial charge in [-0.2, -0.15) is 0 Å². The van der Waals surface area contributed by atoms with E-state index in [2.05, 4.69) is 21.7 Å². The van der Waals surface area contributed by atoms with Crippen molar-refractivity contribution in [2.75, 3.05) is 58.4 Å². The van der Waals surface area contributed by atoms with Gasteiger partial charge in [0, 0.05) is 50.5 Å². The molecule has 2 aliphatic rings. The van der Waals surface area contributed by atoms with Crippen molar-refractivity contribution in [2.24, 2.45) is 5.92 Å². The number of carbonyl (C=O) groups excluding carboxylic acids is 2. The van der Waals surface area contributed by atoms with Gasteiger partial charge < -0.3 is 19.4 Å². The molecule has 2 saturated heterocycles. The van der Waals surface area contributed by atoms with E-state index in [0.29, 0.717) is 37.4 Å². The molecule has 6 nitrogen and oxygen atoms in total. The van der Waals surface area contributed by atoms with Crippen molar-refractivity contribution in [3.8, 4) is 0 Å². The highest BCUT2D eigenvalue weighted by molar-refractivity contribution is 5.94. The molecule has 0 unspecified atom stereocenters. The Kier molecular flexibility index (Phi) is 8.28. The Balaban J connectivity index is 1.51. The third-order valence-corrected chi connectivity index (χ3v) is 6.70. The Hall–Kier alpha value is -1.92. The number of carbonyl (C=O) groups is 2. The number of hydrogen-bond donors (Lipinski definition) is 0. The van der Waals surface area contributed by atoms with Crippen LogP contribution >= 0.6 is 0 Å². The van der Waals surface area contributed by atoms with Gasteiger partial charge in [0.25, 0.3) is 0 Å². The predicted molar refractivity (Wildman–Crippen MR) is 120 cm³/mol. The lowest BCUT2D eigenvalue weighted by Crippen LogP contribution is -2.48. The number of methoxy groups -OCH3 is 1. The number of ether oxygens (including phenoxy) is 1. The summed E-state index contributed by atoms with van der Waals surface area (Å²) in [6, 6.07) is 8.23. The van der Waals surface area contributed by atoms with Gasteiger partial charge in [-0.25, -0.2) is 0 Å². The fourth-order valence-corrected chi connectivity index (χ4v) is 4.67. The van der Waals surface area contributed by atoms with Crippen LogP contribution in [0.3, 0.4) is 0 Å². The number of amides is 1. The van der Waals surface area contributed by atoms with Gasteiger partial charge in [0.2, 0.25) is 5.91 Å². The lowest BCUT2D eigenvalue weighted by molar-refractivity contribution is -0.136. The van der Waals surface area contributed by atoms with Crippen LogP contribution in [0.1, 0.15) is 49.4 Å². The molecule has 0 saturated carbocycles. The molecule has 3 rings (SSSR count). The van der Waals surface area contributed by atoms with Crippen LogP contribution in [0.15, 0.2) is 24.3 Å². The van der Waals surface area contributed by atoms with E-state index < -0.39 is 0 Å². The van der Waals surface area contributed by atoms with E-state index in [1.807, 2.05) is 24.3 Å². The average molecular weight is 416 g/mol. The summed E-state index contributed by atoms with van der Waals surface area (Å²) in [5.41, 5.74) is 1.92. The minimum atomic E-state index is 0.0985. The molecule has 0 spiro atoms. The number of piperidine rings is 2. The molecule has 0 aliphatic carbocycles. The summed E-state index contributed by atoms with van der Waals surface area (Å²) in [6.45, 7) is 6.94. The van der Waals surface area contributed by atoms with Gasteiger partial charge in [-0.15, -0.1) is 0 Å². The number of benzene rings is 1. The van der Waals surface area contributed by atoms with E-state index in [1.54, 1.807) is 14.0 Å². The minimum Gasteiger partial charge on any atom is -0.383 e. The largest absolute Gasteiger partial charge is 0.383 e. The topological polar surface area (TPSA) is 53.1 Å². The van der Waals surface area contributed by atoms with E-state index in [4.69, 9.17) is 4.74 Å². The fraction of sp³-hybridized carbons (Fsp3) is 0.667. The van der Waals surface area contributed by atoms with Crippen molar-refractivity contribution in [1.82, 2.24) is 9.80 Å². The quantitative estimate of drug-likeness (QED) is 0.611. The lowest BCUT2D eigenvalue weighted by atomic mass is 9.92. The highest BCUT2D eigenvalue weighted by Gasteiger charge is 2.29. The first-order chi connectivity index (χ1) is 14.5. The minimum absolute atomic E-state index is 0.0985. The maximum Gasteiger partial charge on any atom is 0.223 e. The van der Waals surface area contributed by atoms with Crippen LogP contribution in [0.4, 0.5) is 5.69 Å². The van der Waals surface area contributed by atoms with Gasteiger partial charge in [0.05, 0.1) is 6.61 Å². The SMILES string of the molecule is COCCN(C(=O)CC1CCN(c2ccc(C(C)=O)cc2)CC1)C1CCN(C)CC1. The Labute approximate surface area is 181 Å². The molecule has 1 aromatic rings. The van der Waals surface area contributed by atoms with Gasteiger partial charge in [-0.05, 0) is 82.9 Å². The van der Waals surface area contributed by atoms with E-state index in [-0.39, 0.29) is 5.78 Å². The third kappa shape index (κ3) is 6.05. The normalized spacial score (nSPS) is 19.1. The smallest absolute Gasteiger partial charge is 0.223 e. The first-order valence-electron chi connectivity index (χ1n) is 11.3. The van der Waals surface area contributed by atoms with Gasteiger partial charge in [0.15, 0.2) is 5.78 Å². The maximum absolute atomic E-state index is 13.2. The van der Waals surface area contributed by atoms with Crippen LogP contribution in [0, 0.1) is 5.92 Å². The van der Waals surface area contributed by atoms with Crippen molar-refractivity contribution in [3.63, 3.8) is 0 Å². The highest BCUT2D eigenvalue weighted by atomic mass is 16.5. The molecule has 30 heavy (non-hydrogen) atoms. The number of rotatable bonds is 8.